The summed E-state index contributed by atoms with van der Waals surface area (Å²) in [4.78, 5) is 17.8. The Morgan fingerprint density at radius 3 is 2.76 bits per heavy atom. The SMILES string of the molecule is CCCOC(=O)C1=C(C)Nc2nc(SCC)nn2C1c1cc(Br)c(OCc2ccccc2F)c(OC)c1. The number of allylic oxidation sites excluding steroid dienone is 1. The number of halogens is 2. The summed E-state index contributed by atoms with van der Waals surface area (Å²) < 4.78 is 33.5. The van der Waals surface area contributed by atoms with E-state index in [4.69, 9.17) is 14.2 Å². The van der Waals surface area contributed by atoms with Crippen LogP contribution in [0.2, 0.25) is 0 Å². The molecule has 0 fully saturated rings. The molecule has 1 unspecified atom stereocenters. The van der Waals surface area contributed by atoms with Crippen molar-refractivity contribution < 1.29 is 23.4 Å². The molecule has 1 atom stereocenters. The number of nitrogens with zero attached hydrogens (tertiary/aromatic N) is 3. The quantitative estimate of drug-likeness (QED) is 0.223. The molecule has 1 aliphatic rings. The highest BCUT2D eigenvalue weighted by molar-refractivity contribution is 9.10. The van der Waals surface area contributed by atoms with Gasteiger partial charge in [0.05, 0.1) is 23.8 Å². The average Bonchev–Trinajstić information content (AvgIpc) is 3.28. The van der Waals surface area contributed by atoms with Gasteiger partial charge < -0.3 is 19.5 Å². The van der Waals surface area contributed by atoms with Gasteiger partial charge in [-0.1, -0.05) is 43.8 Å². The maximum atomic E-state index is 14.1. The zero-order valence-corrected chi connectivity index (χ0v) is 23.4. The van der Waals surface area contributed by atoms with Gasteiger partial charge in [-0.15, -0.1) is 5.10 Å². The largest absolute Gasteiger partial charge is 0.493 e. The molecule has 11 heteroatoms. The summed E-state index contributed by atoms with van der Waals surface area (Å²) in [7, 11) is 1.53. The van der Waals surface area contributed by atoms with E-state index in [1.54, 1.807) is 28.9 Å². The topological polar surface area (TPSA) is 87.5 Å². The number of carbonyl (C=O) groups excluding carboxylic acids is 1. The van der Waals surface area contributed by atoms with Crippen LogP contribution in [-0.2, 0) is 16.1 Å². The van der Waals surface area contributed by atoms with Crippen molar-refractivity contribution in [3.8, 4) is 11.5 Å². The molecular formula is C26H28BrFN4O4S. The molecule has 3 aromatic rings. The summed E-state index contributed by atoms with van der Waals surface area (Å²) in [5, 5.41) is 8.47. The van der Waals surface area contributed by atoms with Gasteiger partial charge in [-0.05, 0) is 58.8 Å². The molecule has 1 N–H and O–H groups in total. The predicted octanol–water partition coefficient (Wildman–Crippen LogP) is 6.12. The Hall–Kier alpha value is -3.05. The van der Waals surface area contributed by atoms with Gasteiger partial charge in [-0.2, -0.15) is 4.98 Å². The fourth-order valence-corrected chi connectivity index (χ4v) is 5.10. The number of benzene rings is 2. The summed E-state index contributed by atoms with van der Waals surface area (Å²) in [6.07, 6.45) is 0.704. The zero-order chi connectivity index (χ0) is 26.5. The molecule has 4 rings (SSSR count). The van der Waals surface area contributed by atoms with E-state index >= 15 is 0 Å². The molecular weight excluding hydrogens is 563 g/mol. The number of thioether (sulfide) groups is 1. The Morgan fingerprint density at radius 1 is 1.27 bits per heavy atom. The van der Waals surface area contributed by atoms with Gasteiger partial charge >= 0.3 is 5.97 Å². The number of fused-ring (bicyclic) bond motifs is 1. The van der Waals surface area contributed by atoms with Gasteiger partial charge in [-0.3, -0.25) is 0 Å². The van der Waals surface area contributed by atoms with E-state index < -0.39 is 12.0 Å². The third-order valence-corrected chi connectivity index (χ3v) is 6.97. The Morgan fingerprint density at radius 2 is 2.05 bits per heavy atom. The second-order valence-electron chi connectivity index (χ2n) is 8.21. The molecule has 37 heavy (non-hydrogen) atoms. The van der Waals surface area contributed by atoms with Gasteiger partial charge in [-0.25, -0.2) is 13.9 Å². The Labute approximate surface area is 227 Å². The van der Waals surface area contributed by atoms with Crippen molar-refractivity contribution in [2.45, 2.75) is 45.0 Å². The normalized spacial score (nSPS) is 14.7. The number of hydrogen-bond donors (Lipinski definition) is 1. The van der Waals surface area contributed by atoms with Crippen LogP contribution in [0.4, 0.5) is 10.3 Å². The molecule has 0 spiro atoms. The highest BCUT2D eigenvalue weighted by Crippen LogP contribution is 2.43. The third kappa shape index (κ3) is 5.77. The van der Waals surface area contributed by atoms with Crippen molar-refractivity contribution in [3.63, 3.8) is 0 Å². The number of hydrogen-bond acceptors (Lipinski definition) is 8. The van der Waals surface area contributed by atoms with Crippen LogP contribution in [0.3, 0.4) is 0 Å². The number of esters is 1. The molecule has 0 aliphatic carbocycles. The van der Waals surface area contributed by atoms with Crippen LogP contribution in [0.1, 0.15) is 44.4 Å². The van der Waals surface area contributed by atoms with Crippen LogP contribution >= 0.6 is 27.7 Å². The summed E-state index contributed by atoms with van der Waals surface area (Å²) in [6.45, 7) is 6.11. The fraction of sp³-hybridized carbons (Fsp3) is 0.346. The Kier molecular flexibility index (Phi) is 8.75. The van der Waals surface area contributed by atoms with E-state index in [0.717, 1.165) is 5.75 Å². The molecule has 8 nitrogen and oxygen atoms in total. The van der Waals surface area contributed by atoms with Crippen molar-refractivity contribution in [2.24, 2.45) is 0 Å². The van der Waals surface area contributed by atoms with Gasteiger partial charge in [0.25, 0.3) is 0 Å². The number of ether oxygens (including phenoxy) is 3. The van der Waals surface area contributed by atoms with Crippen molar-refractivity contribution >= 4 is 39.6 Å². The molecule has 0 saturated carbocycles. The summed E-state index contributed by atoms with van der Waals surface area (Å²) in [5.74, 6) is 1.39. The number of nitrogens with one attached hydrogen (secondary N) is 1. The standard InChI is InChI=1S/C26H28BrFN4O4S/c1-5-11-35-24(33)21-15(3)29-25-30-26(37-6-2)31-32(25)22(21)17-12-18(27)23(20(13-17)34-4)36-14-16-9-7-8-10-19(16)28/h7-10,12-13,22H,5-6,11,14H2,1-4H3,(H,29,30,31). The molecule has 196 valence electrons. The van der Waals surface area contributed by atoms with E-state index in [9.17, 15) is 9.18 Å². The smallest absolute Gasteiger partial charge is 0.338 e. The van der Waals surface area contributed by atoms with Crippen molar-refractivity contribution in [1.29, 1.82) is 0 Å². The van der Waals surface area contributed by atoms with Crippen LogP contribution in [0, 0.1) is 5.82 Å². The van der Waals surface area contributed by atoms with Gasteiger partial charge in [0.15, 0.2) is 11.5 Å². The summed E-state index contributed by atoms with van der Waals surface area (Å²) >= 11 is 5.09. The lowest BCUT2D eigenvalue weighted by Gasteiger charge is -2.28. The first-order chi connectivity index (χ1) is 17.9. The monoisotopic (exact) mass is 590 g/mol. The van der Waals surface area contributed by atoms with Gasteiger partial charge in [0.2, 0.25) is 11.1 Å². The highest BCUT2D eigenvalue weighted by atomic mass is 79.9. The van der Waals surface area contributed by atoms with E-state index in [1.807, 2.05) is 26.8 Å². The maximum absolute atomic E-state index is 14.1. The number of carbonyl (C=O) groups is 1. The first kappa shape index (κ1) is 27.0. The lowest BCUT2D eigenvalue weighted by atomic mass is 9.95. The van der Waals surface area contributed by atoms with Crippen LogP contribution in [0.25, 0.3) is 0 Å². The molecule has 0 radical (unpaired) electrons. The minimum Gasteiger partial charge on any atom is -0.493 e. The number of rotatable bonds is 10. The first-order valence-corrected chi connectivity index (χ1v) is 13.6. The van der Waals surface area contributed by atoms with E-state index in [1.165, 1.54) is 24.9 Å². The van der Waals surface area contributed by atoms with Crippen molar-refractivity contribution in [3.05, 3.63) is 69.1 Å². The molecule has 2 aromatic carbocycles. The average molecular weight is 592 g/mol. The summed E-state index contributed by atoms with van der Waals surface area (Å²) in [5.41, 5.74) is 2.19. The molecule has 1 aliphatic heterocycles. The number of methoxy groups -OCH3 is 1. The number of aromatic nitrogens is 3. The minimum absolute atomic E-state index is 0.0206. The molecule has 0 amide bonds. The van der Waals surface area contributed by atoms with Gasteiger partial charge in [0.1, 0.15) is 18.5 Å². The third-order valence-electron chi connectivity index (χ3n) is 5.66. The first-order valence-electron chi connectivity index (χ1n) is 11.9. The van der Waals surface area contributed by atoms with Crippen LogP contribution in [-0.4, -0.2) is 40.2 Å². The van der Waals surface area contributed by atoms with E-state index in [0.29, 0.717) is 62.5 Å². The zero-order valence-electron chi connectivity index (χ0n) is 21.0. The second kappa shape index (κ2) is 12.0. The molecule has 2 heterocycles. The molecule has 0 saturated heterocycles. The second-order valence-corrected chi connectivity index (χ2v) is 10.3. The molecule has 1 aromatic heterocycles. The minimum atomic E-state index is -0.620. The fourth-order valence-electron chi connectivity index (χ4n) is 3.97. The van der Waals surface area contributed by atoms with Crippen LogP contribution in [0.5, 0.6) is 11.5 Å². The van der Waals surface area contributed by atoms with Gasteiger partial charge in [0, 0.05) is 11.3 Å². The van der Waals surface area contributed by atoms with Crippen molar-refractivity contribution in [1.82, 2.24) is 14.8 Å². The summed E-state index contributed by atoms with van der Waals surface area (Å²) in [6, 6.07) is 9.45. The Balaban J connectivity index is 1.76. The lowest BCUT2D eigenvalue weighted by molar-refractivity contribution is -0.139. The Bertz CT molecular complexity index is 1330. The van der Waals surface area contributed by atoms with E-state index in [2.05, 4.69) is 31.3 Å². The maximum Gasteiger partial charge on any atom is 0.338 e. The molecule has 0 bridgehead atoms. The highest BCUT2D eigenvalue weighted by Gasteiger charge is 2.36. The number of anilines is 1. The lowest BCUT2D eigenvalue weighted by Crippen LogP contribution is -2.30. The van der Waals surface area contributed by atoms with E-state index in [-0.39, 0.29) is 12.4 Å². The van der Waals surface area contributed by atoms with Crippen LogP contribution < -0.4 is 14.8 Å². The predicted molar refractivity (Wildman–Crippen MR) is 144 cm³/mol. The van der Waals surface area contributed by atoms with Crippen LogP contribution in [0.15, 0.2) is 57.3 Å². The van der Waals surface area contributed by atoms with Crippen molar-refractivity contribution in [2.75, 3.05) is 24.8 Å².